The van der Waals surface area contributed by atoms with Crippen LogP contribution in [0.25, 0.3) is 10.1 Å². The first-order chi connectivity index (χ1) is 22.6. The lowest BCUT2D eigenvalue weighted by Crippen LogP contribution is -2.49. The molecule has 2 aliphatic rings. The van der Waals surface area contributed by atoms with Crippen LogP contribution in [0.3, 0.4) is 0 Å². The molecule has 12 heteroatoms. The molecule has 0 radical (unpaired) electrons. The van der Waals surface area contributed by atoms with Gasteiger partial charge in [-0.15, -0.1) is 11.3 Å². The molecular formula is C35H32F4N4O3S. The lowest BCUT2D eigenvalue weighted by atomic mass is 9.85. The molecule has 2 aliphatic heterocycles. The number of rotatable bonds is 7. The Morgan fingerprint density at radius 2 is 1.66 bits per heavy atom. The van der Waals surface area contributed by atoms with Crippen molar-refractivity contribution in [3.05, 3.63) is 138 Å². The van der Waals surface area contributed by atoms with Crippen LogP contribution < -0.4 is 17.0 Å². The molecule has 4 heterocycles. The molecule has 2 N–H and O–H groups in total. The fraction of sp³-hybridized carbons (Fsp3) is 0.314. The maximum atomic E-state index is 15.1. The maximum Gasteiger partial charge on any atom is 0.416 e. The molecule has 0 aliphatic carbocycles. The lowest BCUT2D eigenvalue weighted by molar-refractivity contribution is -0.138. The van der Waals surface area contributed by atoms with Crippen molar-refractivity contribution in [3.63, 3.8) is 0 Å². The van der Waals surface area contributed by atoms with Crippen molar-refractivity contribution >= 4 is 21.4 Å². The van der Waals surface area contributed by atoms with Gasteiger partial charge in [0.2, 0.25) is 0 Å². The molecule has 7 rings (SSSR count). The van der Waals surface area contributed by atoms with E-state index in [0.717, 1.165) is 27.3 Å². The third-order valence-electron chi connectivity index (χ3n) is 9.44. The SMILES string of the molecule is N[C@@H](Cn1c(=O)c2c(n(Cc3c(F)cccc3C(F)(F)F)c1=O)COC21CCN(Cc2cccc3ccsc23)CC1)c1ccccc1. The molecule has 1 saturated heterocycles. The molecule has 0 bridgehead atoms. The van der Waals surface area contributed by atoms with Gasteiger partial charge in [-0.25, -0.2) is 9.18 Å². The molecule has 0 amide bonds. The van der Waals surface area contributed by atoms with Gasteiger partial charge >= 0.3 is 11.9 Å². The summed E-state index contributed by atoms with van der Waals surface area (Å²) in [4.78, 5) is 30.6. The van der Waals surface area contributed by atoms with E-state index in [1.165, 1.54) is 15.6 Å². The number of nitrogens with two attached hydrogens (primary N) is 1. The van der Waals surface area contributed by atoms with Gasteiger partial charge in [0.25, 0.3) is 5.56 Å². The zero-order chi connectivity index (χ0) is 32.9. The summed E-state index contributed by atoms with van der Waals surface area (Å²) in [6.07, 6.45) is -3.98. The second-order valence-electron chi connectivity index (χ2n) is 12.2. The highest BCUT2D eigenvalue weighted by Gasteiger charge is 2.47. The Morgan fingerprint density at radius 1 is 0.915 bits per heavy atom. The largest absolute Gasteiger partial charge is 0.416 e. The summed E-state index contributed by atoms with van der Waals surface area (Å²) >= 11 is 1.69. The lowest BCUT2D eigenvalue weighted by Gasteiger charge is -2.39. The van der Waals surface area contributed by atoms with Gasteiger partial charge in [0, 0.05) is 35.9 Å². The molecule has 47 heavy (non-hydrogen) atoms. The third-order valence-corrected chi connectivity index (χ3v) is 10.4. The second-order valence-corrected chi connectivity index (χ2v) is 13.1. The van der Waals surface area contributed by atoms with Crippen molar-refractivity contribution < 1.29 is 22.3 Å². The summed E-state index contributed by atoms with van der Waals surface area (Å²) in [5.41, 5.74) is 4.41. The summed E-state index contributed by atoms with van der Waals surface area (Å²) in [5, 5.41) is 3.25. The number of ether oxygens (including phenoxy) is 1. The van der Waals surface area contributed by atoms with E-state index in [1.54, 1.807) is 35.6 Å². The smallest absolute Gasteiger partial charge is 0.364 e. The molecule has 1 spiro atoms. The fourth-order valence-electron chi connectivity index (χ4n) is 6.98. The van der Waals surface area contributed by atoms with Crippen LogP contribution in [0.2, 0.25) is 0 Å². The van der Waals surface area contributed by atoms with E-state index in [2.05, 4.69) is 28.5 Å². The summed E-state index contributed by atoms with van der Waals surface area (Å²) in [6.45, 7) is 0.800. The van der Waals surface area contributed by atoms with Gasteiger partial charge in [-0.05, 0) is 52.9 Å². The molecule has 244 valence electrons. The van der Waals surface area contributed by atoms with Crippen LogP contribution >= 0.6 is 11.3 Å². The van der Waals surface area contributed by atoms with Crippen molar-refractivity contribution in [1.29, 1.82) is 0 Å². The van der Waals surface area contributed by atoms with Crippen LogP contribution in [0.5, 0.6) is 0 Å². The van der Waals surface area contributed by atoms with Gasteiger partial charge in [0.05, 0.1) is 36.5 Å². The first-order valence-electron chi connectivity index (χ1n) is 15.4. The van der Waals surface area contributed by atoms with E-state index < -0.39 is 52.6 Å². The Balaban J connectivity index is 1.28. The van der Waals surface area contributed by atoms with Gasteiger partial charge < -0.3 is 10.5 Å². The second kappa shape index (κ2) is 12.2. The number of piperidine rings is 1. The van der Waals surface area contributed by atoms with E-state index in [-0.39, 0.29) is 24.4 Å². The molecule has 5 aromatic rings. The van der Waals surface area contributed by atoms with Crippen molar-refractivity contribution in [2.75, 3.05) is 13.1 Å². The van der Waals surface area contributed by atoms with Crippen LogP contribution in [0, 0.1) is 5.82 Å². The van der Waals surface area contributed by atoms with E-state index in [0.29, 0.717) is 38.0 Å². The molecule has 2 aromatic heterocycles. The highest BCUT2D eigenvalue weighted by Crippen LogP contribution is 2.43. The van der Waals surface area contributed by atoms with Crippen LogP contribution in [-0.4, -0.2) is 27.1 Å². The summed E-state index contributed by atoms with van der Waals surface area (Å²) in [5.74, 6) is -1.10. The van der Waals surface area contributed by atoms with Crippen LogP contribution in [0.1, 0.15) is 52.4 Å². The van der Waals surface area contributed by atoms with E-state index >= 15 is 4.39 Å². The molecule has 7 nitrogen and oxygen atoms in total. The molecule has 1 atom stereocenters. The van der Waals surface area contributed by atoms with Gasteiger partial charge in [-0.1, -0.05) is 54.6 Å². The summed E-state index contributed by atoms with van der Waals surface area (Å²) in [7, 11) is 0. The van der Waals surface area contributed by atoms with Crippen LogP contribution in [0.4, 0.5) is 17.6 Å². The van der Waals surface area contributed by atoms with Crippen molar-refractivity contribution in [3.8, 4) is 0 Å². The number of alkyl halides is 3. The summed E-state index contributed by atoms with van der Waals surface area (Å²) < 4.78 is 66.7. The monoisotopic (exact) mass is 664 g/mol. The molecule has 1 fully saturated rings. The predicted molar refractivity (Wildman–Crippen MR) is 172 cm³/mol. The standard InChI is InChI=1S/C35H32F4N4O3S/c36-27-11-5-10-26(35(37,38)39)25(27)19-42-29-21-46-34(13-15-41(16-14-34)18-24-9-4-8-23-12-17-47-31(23)24)30(29)32(44)43(33(42)45)20-28(40)22-6-2-1-3-7-22/h1-12,17,28H,13-16,18-21,40H2/t28-/m0/s1. The number of thiophene rings is 1. The van der Waals surface area contributed by atoms with Gasteiger partial charge in [-0.3, -0.25) is 18.8 Å². The number of hydrogen-bond acceptors (Lipinski definition) is 6. The Morgan fingerprint density at radius 3 is 2.40 bits per heavy atom. The first-order valence-corrected chi connectivity index (χ1v) is 16.3. The number of benzene rings is 3. The Bertz CT molecular complexity index is 2060. The van der Waals surface area contributed by atoms with E-state index in [9.17, 15) is 22.8 Å². The van der Waals surface area contributed by atoms with Gasteiger partial charge in [0.15, 0.2) is 0 Å². The quantitative estimate of drug-likeness (QED) is 0.211. The average molecular weight is 665 g/mol. The van der Waals surface area contributed by atoms with Crippen molar-refractivity contribution in [2.45, 2.75) is 56.9 Å². The Kier molecular flexibility index (Phi) is 8.15. The number of hydrogen-bond donors (Lipinski definition) is 1. The number of likely N-dealkylation sites (tertiary alicyclic amines) is 1. The fourth-order valence-corrected chi connectivity index (χ4v) is 7.89. The molecule has 0 saturated carbocycles. The minimum Gasteiger partial charge on any atom is -0.364 e. The van der Waals surface area contributed by atoms with Crippen LogP contribution in [0.15, 0.2) is 87.8 Å². The predicted octanol–water partition coefficient (Wildman–Crippen LogP) is 6.15. The van der Waals surface area contributed by atoms with Crippen molar-refractivity contribution in [1.82, 2.24) is 14.0 Å². The highest BCUT2D eigenvalue weighted by atomic mass is 32.1. The zero-order valence-corrected chi connectivity index (χ0v) is 26.1. The summed E-state index contributed by atoms with van der Waals surface area (Å²) in [6, 6.07) is 19.2. The number of aromatic nitrogens is 2. The Labute approximate surface area is 271 Å². The van der Waals surface area contributed by atoms with Crippen LogP contribution in [-0.2, 0) is 42.8 Å². The van der Waals surface area contributed by atoms with E-state index in [4.69, 9.17) is 10.5 Å². The molecule has 0 unspecified atom stereocenters. The molecular weight excluding hydrogens is 632 g/mol. The van der Waals surface area contributed by atoms with Crippen molar-refractivity contribution in [2.24, 2.45) is 5.73 Å². The first kappa shape index (κ1) is 31.5. The average Bonchev–Trinajstić information content (AvgIpc) is 3.69. The zero-order valence-electron chi connectivity index (χ0n) is 25.3. The third kappa shape index (κ3) is 5.73. The number of halogens is 4. The molecule has 3 aromatic carbocycles. The minimum atomic E-state index is -4.85. The highest BCUT2D eigenvalue weighted by molar-refractivity contribution is 7.17. The van der Waals surface area contributed by atoms with Gasteiger partial charge in [-0.2, -0.15) is 13.2 Å². The Hall–Kier alpha value is -4.10. The maximum absolute atomic E-state index is 15.1. The topological polar surface area (TPSA) is 82.5 Å². The normalized spacial score (nSPS) is 17.0. The minimum absolute atomic E-state index is 0.157. The number of nitrogens with zero attached hydrogens (tertiary/aromatic N) is 3. The van der Waals surface area contributed by atoms with E-state index in [1.807, 2.05) is 12.1 Å². The number of fused-ring (bicyclic) bond motifs is 3. The van der Waals surface area contributed by atoms with Gasteiger partial charge in [0.1, 0.15) is 11.4 Å².